The van der Waals surface area contributed by atoms with E-state index in [1.165, 1.54) is 5.56 Å². The molecule has 2 atom stereocenters. The van der Waals surface area contributed by atoms with E-state index in [1.54, 1.807) is 22.9 Å². The van der Waals surface area contributed by atoms with Crippen LogP contribution in [0.25, 0.3) is 11.3 Å². The molecule has 0 aliphatic heterocycles. The number of aryl methyl sites for hydroxylation is 1. The number of halogens is 1. The quantitative estimate of drug-likeness (QED) is 0.621. The fraction of sp³-hybridized carbons (Fsp3) is 0.286. The predicted octanol–water partition coefficient (Wildman–Crippen LogP) is 4.48. The van der Waals surface area contributed by atoms with Gasteiger partial charge in [-0.2, -0.15) is 0 Å². The highest BCUT2D eigenvalue weighted by atomic mass is 35.5. The molecule has 1 amide bonds. The van der Waals surface area contributed by atoms with E-state index in [4.69, 9.17) is 11.6 Å². The number of amides is 1. The van der Waals surface area contributed by atoms with Gasteiger partial charge in [0, 0.05) is 38.8 Å². The summed E-state index contributed by atoms with van der Waals surface area (Å²) in [5, 5.41) is 2.51. The number of carbonyl (C=O) groups excluding carboxylic acids is 1. The molecule has 0 bridgehead atoms. The van der Waals surface area contributed by atoms with E-state index < -0.39 is 0 Å². The van der Waals surface area contributed by atoms with Crippen molar-refractivity contribution in [1.29, 1.82) is 0 Å². The van der Waals surface area contributed by atoms with Gasteiger partial charge in [-0.05, 0) is 41.8 Å². The zero-order chi connectivity index (χ0) is 19.8. The molecule has 7 heteroatoms. The molecule has 0 saturated heterocycles. The van der Waals surface area contributed by atoms with Crippen LogP contribution < -0.4 is 0 Å². The van der Waals surface area contributed by atoms with E-state index in [2.05, 4.69) is 34.2 Å². The van der Waals surface area contributed by atoms with Gasteiger partial charge < -0.3 is 9.47 Å². The first kappa shape index (κ1) is 19.0. The number of carbonyl (C=O) groups is 1. The van der Waals surface area contributed by atoms with Gasteiger partial charge in [0.2, 0.25) is 5.91 Å². The van der Waals surface area contributed by atoms with Crippen molar-refractivity contribution in [3.8, 4) is 11.3 Å². The molecule has 0 spiro atoms. The lowest BCUT2D eigenvalue weighted by atomic mass is 10.0. The third-order valence-corrected chi connectivity index (χ3v) is 6.29. The maximum atomic E-state index is 12.1. The van der Waals surface area contributed by atoms with E-state index in [0.29, 0.717) is 10.9 Å². The van der Waals surface area contributed by atoms with Crippen LogP contribution in [-0.2, 0) is 11.8 Å². The minimum absolute atomic E-state index is 0.123. The van der Waals surface area contributed by atoms with Gasteiger partial charge in [-0.15, -0.1) is 0 Å². The van der Waals surface area contributed by atoms with Crippen molar-refractivity contribution >= 4 is 29.3 Å². The first-order valence-electron chi connectivity index (χ1n) is 9.06. The number of nitrogens with zero attached hydrogens (tertiary/aromatic N) is 4. The Morgan fingerprint density at radius 3 is 2.57 bits per heavy atom. The first-order chi connectivity index (χ1) is 13.4. The maximum Gasteiger partial charge on any atom is 0.225 e. The van der Waals surface area contributed by atoms with Crippen molar-refractivity contribution in [3.63, 3.8) is 0 Å². The molecular formula is C21H21ClN4OS. The van der Waals surface area contributed by atoms with Crippen molar-refractivity contribution in [2.45, 2.75) is 22.4 Å². The van der Waals surface area contributed by atoms with E-state index in [9.17, 15) is 4.79 Å². The molecule has 0 unspecified atom stereocenters. The fourth-order valence-corrected chi connectivity index (χ4v) is 4.32. The molecule has 0 radical (unpaired) electrons. The van der Waals surface area contributed by atoms with E-state index in [0.717, 1.165) is 27.7 Å². The van der Waals surface area contributed by atoms with Gasteiger partial charge >= 0.3 is 0 Å². The highest BCUT2D eigenvalue weighted by Gasteiger charge is 2.44. The van der Waals surface area contributed by atoms with Gasteiger partial charge in [-0.3, -0.25) is 4.79 Å². The summed E-state index contributed by atoms with van der Waals surface area (Å²) < 4.78 is 2.00. The van der Waals surface area contributed by atoms with Crippen LogP contribution in [0.15, 0.2) is 59.0 Å². The van der Waals surface area contributed by atoms with Crippen LogP contribution in [-0.4, -0.2) is 39.4 Å². The Bertz CT molecular complexity index is 998. The Kier molecular flexibility index (Phi) is 5.17. The lowest BCUT2D eigenvalue weighted by molar-refractivity contribution is -0.130. The molecule has 1 aromatic carbocycles. The summed E-state index contributed by atoms with van der Waals surface area (Å²) in [5.41, 5.74) is 3.19. The molecule has 144 valence electrons. The summed E-state index contributed by atoms with van der Waals surface area (Å²) in [6.45, 7) is 0. The Balaban J connectivity index is 1.54. The minimum atomic E-state index is 0.123. The summed E-state index contributed by atoms with van der Waals surface area (Å²) in [6, 6.07) is 12.2. The van der Waals surface area contributed by atoms with Crippen LogP contribution in [0.2, 0.25) is 5.02 Å². The summed E-state index contributed by atoms with van der Waals surface area (Å²) in [4.78, 5) is 22.7. The van der Waals surface area contributed by atoms with Crippen molar-refractivity contribution < 1.29 is 4.79 Å². The second-order valence-electron chi connectivity index (χ2n) is 7.23. The topological polar surface area (TPSA) is 51.0 Å². The fourth-order valence-electron chi connectivity index (χ4n) is 3.32. The number of aromatic nitrogens is 3. The number of benzene rings is 1. The van der Waals surface area contributed by atoms with Crippen molar-refractivity contribution in [3.05, 3.63) is 59.5 Å². The average molecular weight is 412 g/mol. The largest absolute Gasteiger partial charge is 0.349 e. The second-order valence-corrected chi connectivity index (χ2v) is 8.67. The molecule has 5 nitrogen and oxygen atoms in total. The van der Waals surface area contributed by atoms with Crippen molar-refractivity contribution in [1.82, 2.24) is 19.4 Å². The summed E-state index contributed by atoms with van der Waals surface area (Å²) in [7, 11) is 5.61. The molecule has 2 heterocycles. The minimum Gasteiger partial charge on any atom is -0.349 e. The Morgan fingerprint density at radius 1 is 1.18 bits per heavy atom. The first-order valence-corrected chi connectivity index (χ1v) is 10.3. The number of imidazole rings is 1. The molecule has 2 aromatic heterocycles. The van der Waals surface area contributed by atoms with Crippen molar-refractivity contribution in [2.75, 3.05) is 14.1 Å². The molecule has 1 aliphatic rings. The lowest BCUT2D eigenvalue weighted by Crippen LogP contribution is -2.23. The smallest absolute Gasteiger partial charge is 0.225 e. The van der Waals surface area contributed by atoms with E-state index >= 15 is 0 Å². The third kappa shape index (κ3) is 3.80. The van der Waals surface area contributed by atoms with Crippen LogP contribution in [0.5, 0.6) is 0 Å². The van der Waals surface area contributed by atoms with Gasteiger partial charge in [-0.1, -0.05) is 35.9 Å². The van der Waals surface area contributed by atoms with Crippen LogP contribution in [0.1, 0.15) is 17.9 Å². The number of hydrogen-bond donors (Lipinski definition) is 0. The number of pyridine rings is 1. The second kappa shape index (κ2) is 7.60. The molecule has 4 rings (SSSR count). The zero-order valence-electron chi connectivity index (χ0n) is 16.0. The molecule has 28 heavy (non-hydrogen) atoms. The lowest BCUT2D eigenvalue weighted by Gasteiger charge is -2.10. The summed E-state index contributed by atoms with van der Waals surface area (Å²) >= 11 is 7.49. The molecule has 3 aromatic rings. The molecule has 0 N–H and O–H groups in total. The maximum absolute atomic E-state index is 12.1. The molecule has 1 aliphatic carbocycles. The molecular weight excluding hydrogens is 391 g/mol. The van der Waals surface area contributed by atoms with Gasteiger partial charge in [0.15, 0.2) is 0 Å². The van der Waals surface area contributed by atoms with Gasteiger partial charge in [-0.25, -0.2) is 9.97 Å². The number of rotatable bonds is 5. The van der Waals surface area contributed by atoms with Gasteiger partial charge in [0.05, 0.1) is 11.3 Å². The van der Waals surface area contributed by atoms with Gasteiger partial charge in [0.1, 0.15) is 15.7 Å². The Hall–Kier alpha value is -2.31. The zero-order valence-corrected chi connectivity index (χ0v) is 17.5. The third-order valence-electron chi connectivity index (χ3n) is 4.95. The molecule has 1 fully saturated rings. The highest BCUT2D eigenvalue weighted by Crippen LogP contribution is 2.48. The monoisotopic (exact) mass is 411 g/mol. The van der Waals surface area contributed by atoms with Crippen LogP contribution in [0.4, 0.5) is 0 Å². The van der Waals surface area contributed by atoms with Crippen molar-refractivity contribution in [2.24, 2.45) is 13.0 Å². The Morgan fingerprint density at radius 2 is 1.93 bits per heavy atom. The summed E-state index contributed by atoms with van der Waals surface area (Å²) in [5.74, 6) is 0.672. The predicted molar refractivity (Wildman–Crippen MR) is 112 cm³/mol. The SMILES string of the molecule is CN([11CH3])C(=O)[C@H]1C[C@@H]1c1ccc(-c2ncn(C)c2Sc2ccc(Cl)cn2)cc1. The standard InChI is InChI=1S/C21H21ClN4OS/c1-25(2)20(27)17-10-16(17)13-4-6-14(7-5-13)19-21(26(3)12-24-19)28-18-9-8-15(22)11-23-18/h4-9,11-12,16-17H,10H2,1-3H3/t16-,17+/m1/s1/i1-1. The molecule has 1 saturated carbocycles. The van der Waals surface area contributed by atoms with E-state index in [1.807, 2.05) is 44.2 Å². The van der Waals surface area contributed by atoms with Crippen LogP contribution in [0.3, 0.4) is 0 Å². The summed E-state index contributed by atoms with van der Waals surface area (Å²) in [6.07, 6.45) is 4.40. The normalized spacial score (nSPS) is 18.1. The van der Waals surface area contributed by atoms with E-state index in [-0.39, 0.29) is 11.8 Å². The highest BCUT2D eigenvalue weighted by molar-refractivity contribution is 7.99. The van der Waals surface area contributed by atoms with Gasteiger partial charge in [0.25, 0.3) is 0 Å². The average Bonchev–Trinajstić information content (AvgIpc) is 3.41. The van der Waals surface area contributed by atoms with Crippen LogP contribution >= 0.6 is 23.4 Å². The van der Waals surface area contributed by atoms with Crippen LogP contribution in [0, 0.1) is 5.92 Å². The Labute approximate surface area is 173 Å². The number of hydrogen-bond acceptors (Lipinski definition) is 4.